The van der Waals surface area contributed by atoms with Gasteiger partial charge in [0.05, 0.1) is 18.7 Å². The van der Waals surface area contributed by atoms with E-state index in [1.54, 1.807) is 6.20 Å². The SMILES string of the molecule is CC[C@@H]1c2nnc(C)n2-c2cnc(CC(=O)c3ccccc3)nc2N1C(C)C. The van der Waals surface area contributed by atoms with E-state index in [0.717, 1.165) is 29.6 Å². The number of fused-ring (bicyclic) bond motifs is 3. The summed E-state index contributed by atoms with van der Waals surface area (Å²) in [6.07, 6.45) is 2.85. The highest BCUT2D eigenvalue weighted by atomic mass is 16.1. The Bertz CT molecular complexity index is 1010. The molecule has 2 aromatic heterocycles. The zero-order valence-corrected chi connectivity index (χ0v) is 16.6. The van der Waals surface area contributed by atoms with Gasteiger partial charge >= 0.3 is 0 Å². The predicted octanol–water partition coefficient (Wildman–Crippen LogP) is 3.47. The highest BCUT2D eigenvalue weighted by molar-refractivity contribution is 5.97. The van der Waals surface area contributed by atoms with Gasteiger partial charge in [0.2, 0.25) is 0 Å². The van der Waals surface area contributed by atoms with Crippen molar-refractivity contribution in [2.45, 2.75) is 52.6 Å². The van der Waals surface area contributed by atoms with E-state index in [4.69, 9.17) is 4.98 Å². The van der Waals surface area contributed by atoms with Crippen LogP contribution in [0.2, 0.25) is 0 Å². The van der Waals surface area contributed by atoms with Crippen LogP contribution in [0.1, 0.15) is 61.1 Å². The van der Waals surface area contributed by atoms with Crippen molar-refractivity contribution in [2.24, 2.45) is 0 Å². The van der Waals surface area contributed by atoms with Gasteiger partial charge < -0.3 is 4.90 Å². The average molecular weight is 376 g/mol. The number of Topliss-reactive ketones (excluding diaryl/α,β-unsaturated/α-hetero) is 1. The first-order valence-corrected chi connectivity index (χ1v) is 9.66. The molecule has 3 aromatic rings. The fourth-order valence-corrected chi connectivity index (χ4v) is 3.85. The highest BCUT2D eigenvalue weighted by Crippen LogP contribution is 2.39. The molecule has 1 aliphatic rings. The topological polar surface area (TPSA) is 76.8 Å². The van der Waals surface area contributed by atoms with Crippen molar-refractivity contribution in [1.29, 1.82) is 0 Å². The summed E-state index contributed by atoms with van der Waals surface area (Å²) in [6, 6.07) is 9.58. The minimum atomic E-state index is 0.0145. The third-order valence-corrected chi connectivity index (χ3v) is 5.13. The number of ketones is 1. The van der Waals surface area contributed by atoms with Crippen LogP contribution in [0.25, 0.3) is 5.69 Å². The van der Waals surface area contributed by atoms with Crippen LogP contribution in [0.5, 0.6) is 0 Å². The number of carbonyl (C=O) groups is 1. The van der Waals surface area contributed by atoms with Crippen molar-refractivity contribution in [1.82, 2.24) is 24.7 Å². The van der Waals surface area contributed by atoms with Crippen LogP contribution in [0.15, 0.2) is 36.5 Å². The maximum Gasteiger partial charge on any atom is 0.170 e. The number of hydrogen-bond donors (Lipinski definition) is 0. The van der Waals surface area contributed by atoms with Crippen LogP contribution in [-0.2, 0) is 6.42 Å². The van der Waals surface area contributed by atoms with E-state index in [1.165, 1.54) is 0 Å². The van der Waals surface area contributed by atoms with Gasteiger partial charge in [0.15, 0.2) is 17.4 Å². The average Bonchev–Trinajstić information content (AvgIpc) is 3.09. The van der Waals surface area contributed by atoms with E-state index < -0.39 is 0 Å². The summed E-state index contributed by atoms with van der Waals surface area (Å²) in [4.78, 5) is 24.2. The minimum Gasteiger partial charge on any atom is -0.342 e. The van der Waals surface area contributed by atoms with Crippen LogP contribution in [0, 0.1) is 6.92 Å². The third-order valence-electron chi connectivity index (χ3n) is 5.13. The van der Waals surface area contributed by atoms with Gasteiger partial charge in [-0.15, -0.1) is 10.2 Å². The Morgan fingerprint density at radius 2 is 1.93 bits per heavy atom. The molecule has 28 heavy (non-hydrogen) atoms. The summed E-state index contributed by atoms with van der Waals surface area (Å²) in [7, 11) is 0. The summed E-state index contributed by atoms with van der Waals surface area (Å²) in [5, 5.41) is 8.69. The van der Waals surface area contributed by atoms with Crippen molar-refractivity contribution in [3.63, 3.8) is 0 Å². The van der Waals surface area contributed by atoms with Crippen LogP contribution in [-0.4, -0.2) is 36.6 Å². The standard InChI is InChI=1S/C21H24N6O/c1-5-16-21-25-24-14(4)27(21)17-12-22-19(23-20(17)26(16)13(2)3)11-18(28)15-9-7-6-8-10-15/h6-10,12-13,16H,5,11H2,1-4H3/t16-/m1/s1. The Kier molecular flexibility index (Phi) is 4.66. The van der Waals surface area contributed by atoms with E-state index in [9.17, 15) is 4.79 Å². The normalized spacial score (nSPS) is 15.5. The lowest BCUT2D eigenvalue weighted by Crippen LogP contribution is -2.40. The van der Waals surface area contributed by atoms with Crippen LogP contribution < -0.4 is 4.90 Å². The van der Waals surface area contributed by atoms with Gasteiger partial charge in [0, 0.05) is 11.6 Å². The van der Waals surface area contributed by atoms with E-state index in [2.05, 4.69) is 40.9 Å². The van der Waals surface area contributed by atoms with Gasteiger partial charge in [0.25, 0.3) is 0 Å². The number of hydrogen-bond acceptors (Lipinski definition) is 6. The molecule has 7 heteroatoms. The summed E-state index contributed by atoms with van der Waals surface area (Å²) < 4.78 is 2.03. The first-order chi connectivity index (χ1) is 13.5. The number of carbonyl (C=O) groups excluding carboxylic acids is 1. The van der Waals surface area contributed by atoms with E-state index in [0.29, 0.717) is 11.4 Å². The molecule has 4 rings (SSSR count). The number of aromatic nitrogens is 5. The van der Waals surface area contributed by atoms with Crippen molar-refractivity contribution in [2.75, 3.05) is 4.90 Å². The zero-order chi connectivity index (χ0) is 19.8. The molecule has 0 saturated carbocycles. The Balaban J connectivity index is 1.77. The maximum atomic E-state index is 12.6. The number of nitrogens with zero attached hydrogens (tertiary/aromatic N) is 6. The van der Waals surface area contributed by atoms with E-state index >= 15 is 0 Å². The second-order valence-corrected chi connectivity index (χ2v) is 7.33. The molecule has 0 unspecified atom stereocenters. The number of aryl methyl sites for hydroxylation is 1. The first kappa shape index (κ1) is 18.3. The molecule has 0 radical (unpaired) electrons. The van der Waals surface area contributed by atoms with Gasteiger partial charge in [-0.1, -0.05) is 37.3 Å². The first-order valence-electron chi connectivity index (χ1n) is 9.66. The fraction of sp³-hybridized carbons (Fsp3) is 0.381. The van der Waals surface area contributed by atoms with Crippen molar-refractivity contribution >= 4 is 11.6 Å². The molecule has 1 aliphatic heterocycles. The molecule has 7 nitrogen and oxygen atoms in total. The summed E-state index contributed by atoms with van der Waals surface area (Å²) in [5.74, 6) is 3.11. The molecular weight excluding hydrogens is 352 g/mol. The smallest absolute Gasteiger partial charge is 0.170 e. The second kappa shape index (κ2) is 7.14. The van der Waals surface area contributed by atoms with Gasteiger partial charge in [-0.3, -0.25) is 9.36 Å². The third kappa shape index (κ3) is 2.96. The van der Waals surface area contributed by atoms with Crippen LogP contribution in [0.4, 0.5) is 5.82 Å². The predicted molar refractivity (Wildman–Crippen MR) is 107 cm³/mol. The lowest BCUT2D eigenvalue weighted by atomic mass is 10.1. The van der Waals surface area contributed by atoms with Crippen LogP contribution in [0.3, 0.4) is 0 Å². The van der Waals surface area contributed by atoms with Gasteiger partial charge in [-0.2, -0.15) is 0 Å². The van der Waals surface area contributed by atoms with Crippen molar-refractivity contribution in [3.8, 4) is 5.69 Å². The molecule has 1 atom stereocenters. The summed E-state index contributed by atoms with van der Waals surface area (Å²) in [5.41, 5.74) is 1.54. The quantitative estimate of drug-likeness (QED) is 0.635. The molecule has 0 N–H and O–H groups in total. The Morgan fingerprint density at radius 1 is 1.18 bits per heavy atom. The molecule has 1 aromatic carbocycles. The molecule has 0 fully saturated rings. The van der Waals surface area contributed by atoms with Gasteiger partial charge in [-0.05, 0) is 27.2 Å². The number of anilines is 1. The Morgan fingerprint density at radius 3 is 2.61 bits per heavy atom. The maximum absolute atomic E-state index is 12.6. The highest BCUT2D eigenvalue weighted by Gasteiger charge is 2.36. The fourth-order valence-electron chi connectivity index (χ4n) is 3.85. The lowest BCUT2D eigenvalue weighted by molar-refractivity contribution is 0.0991. The summed E-state index contributed by atoms with van der Waals surface area (Å²) in [6.45, 7) is 8.36. The molecule has 0 aliphatic carbocycles. The van der Waals surface area contributed by atoms with E-state index in [1.807, 2.05) is 41.8 Å². The minimum absolute atomic E-state index is 0.0145. The Hall–Kier alpha value is -3.09. The molecule has 0 amide bonds. The van der Waals surface area contributed by atoms with Crippen molar-refractivity contribution in [3.05, 3.63) is 59.6 Å². The lowest BCUT2D eigenvalue weighted by Gasteiger charge is -2.39. The largest absolute Gasteiger partial charge is 0.342 e. The molecule has 3 heterocycles. The van der Waals surface area contributed by atoms with Gasteiger partial charge in [-0.25, -0.2) is 9.97 Å². The number of benzene rings is 1. The monoisotopic (exact) mass is 376 g/mol. The molecule has 0 bridgehead atoms. The van der Waals surface area contributed by atoms with E-state index in [-0.39, 0.29) is 24.3 Å². The number of rotatable bonds is 5. The second-order valence-electron chi connectivity index (χ2n) is 7.33. The van der Waals surface area contributed by atoms with Crippen molar-refractivity contribution < 1.29 is 4.79 Å². The zero-order valence-electron chi connectivity index (χ0n) is 16.6. The summed E-state index contributed by atoms with van der Waals surface area (Å²) >= 11 is 0. The molecule has 144 valence electrons. The molecular formula is C21H24N6O. The van der Waals surface area contributed by atoms with Gasteiger partial charge in [0.1, 0.15) is 17.3 Å². The Labute approximate surface area is 164 Å². The molecule has 0 saturated heterocycles. The van der Waals surface area contributed by atoms with Crippen LogP contribution >= 0.6 is 0 Å². The molecule has 0 spiro atoms.